The van der Waals surface area contributed by atoms with Crippen LogP contribution in [0.2, 0.25) is 5.02 Å². The fourth-order valence-corrected chi connectivity index (χ4v) is 2.78. The molecule has 1 fully saturated rings. The van der Waals surface area contributed by atoms with Crippen molar-refractivity contribution in [3.63, 3.8) is 0 Å². The second-order valence-electron chi connectivity index (χ2n) is 4.91. The lowest BCUT2D eigenvalue weighted by atomic mass is 9.88. The minimum atomic E-state index is -0.311. The third-order valence-electron chi connectivity index (χ3n) is 3.26. The third-order valence-corrected chi connectivity index (χ3v) is 3.49. The summed E-state index contributed by atoms with van der Waals surface area (Å²) in [4.78, 5) is 13.0. The van der Waals surface area contributed by atoms with E-state index in [0.717, 1.165) is 24.5 Å². The Hall–Kier alpha value is -1.10. The van der Waals surface area contributed by atoms with Crippen molar-refractivity contribution in [3.05, 3.63) is 34.9 Å². The average Bonchev–Trinajstić information content (AvgIpc) is 2.27. The monoisotopic (exact) mass is 267 g/mol. The second kappa shape index (κ2) is 5.69. The largest absolute Gasteiger partial charge is 0.369 e. The summed E-state index contributed by atoms with van der Waals surface area (Å²) in [5, 5.41) is 0.730. The predicted molar refractivity (Wildman–Crippen MR) is 72.4 cm³/mol. The Morgan fingerprint density at radius 3 is 2.89 bits per heavy atom. The zero-order valence-corrected chi connectivity index (χ0v) is 10.9. The van der Waals surface area contributed by atoms with Gasteiger partial charge in [0.15, 0.2) is 0 Å². The van der Waals surface area contributed by atoms with Crippen LogP contribution in [0.15, 0.2) is 24.3 Å². The number of rotatable bonds is 3. The summed E-state index contributed by atoms with van der Waals surface area (Å²) >= 11 is 6.00. The molecule has 18 heavy (non-hydrogen) atoms. The fraction of sp³-hybridized carbons (Fsp3) is 0.462. The Labute approximate surface area is 112 Å². The van der Waals surface area contributed by atoms with E-state index in [-0.39, 0.29) is 18.5 Å². The van der Waals surface area contributed by atoms with E-state index < -0.39 is 0 Å². The molecule has 4 N–H and O–H groups in total. The second-order valence-corrected chi connectivity index (χ2v) is 5.34. The molecule has 1 aliphatic rings. The topological polar surface area (TPSA) is 72.4 Å². The van der Waals surface area contributed by atoms with Crippen LogP contribution in [0.1, 0.15) is 17.9 Å². The molecule has 1 aliphatic heterocycles. The normalized spacial score (nSPS) is 25.0. The number of nitrogens with two attached hydrogens (primary N) is 2. The molecule has 1 aromatic carbocycles. The predicted octanol–water partition coefficient (Wildman–Crippen LogP) is 0.942. The van der Waals surface area contributed by atoms with E-state index in [9.17, 15) is 4.79 Å². The van der Waals surface area contributed by atoms with Gasteiger partial charge in [-0.2, -0.15) is 0 Å². The number of carbonyl (C=O) groups is 1. The van der Waals surface area contributed by atoms with E-state index in [4.69, 9.17) is 23.1 Å². The van der Waals surface area contributed by atoms with E-state index in [1.807, 2.05) is 23.1 Å². The van der Waals surface area contributed by atoms with Crippen molar-refractivity contribution < 1.29 is 4.79 Å². The lowest BCUT2D eigenvalue weighted by Crippen LogP contribution is -2.48. The molecule has 1 saturated heterocycles. The first-order chi connectivity index (χ1) is 8.54. The van der Waals surface area contributed by atoms with Gasteiger partial charge in [0.1, 0.15) is 0 Å². The minimum Gasteiger partial charge on any atom is -0.369 e. The van der Waals surface area contributed by atoms with Crippen LogP contribution in [0.3, 0.4) is 0 Å². The minimum absolute atomic E-state index is 0.0714. The van der Waals surface area contributed by atoms with Crippen molar-refractivity contribution in [3.8, 4) is 0 Å². The Kier molecular flexibility index (Phi) is 4.22. The molecule has 0 spiro atoms. The molecule has 0 aromatic heterocycles. The van der Waals surface area contributed by atoms with Gasteiger partial charge < -0.3 is 11.5 Å². The first-order valence-electron chi connectivity index (χ1n) is 6.06. The van der Waals surface area contributed by atoms with Crippen molar-refractivity contribution in [1.29, 1.82) is 0 Å². The number of carbonyl (C=O) groups excluding carboxylic acids is 1. The number of hydrogen-bond donors (Lipinski definition) is 2. The van der Waals surface area contributed by atoms with Gasteiger partial charge in [-0.15, -0.1) is 0 Å². The van der Waals surface area contributed by atoms with Crippen LogP contribution in [0, 0.1) is 0 Å². The lowest BCUT2D eigenvalue weighted by Gasteiger charge is -2.35. The molecule has 98 valence electrons. The van der Waals surface area contributed by atoms with Gasteiger partial charge in [0.2, 0.25) is 5.91 Å². The number of benzene rings is 1. The zero-order valence-electron chi connectivity index (χ0n) is 10.2. The molecule has 2 rings (SSSR count). The van der Waals surface area contributed by atoms with E-state index in [1.165, 1.54) is 5.56 Å². The Morgan fingerprint density at radius 1 is 1.44 bits per heavy atom. The number of hydrogen-bond acceptors (Lipinski definition) is 3. The highest BCUT2D eigenvalue weighted by Crippen LogP contribution is 2.27. The maximum absolute atomic E-state index is 11.0. The molecule has 5 heteroatoms. The molecule has 0 radical (unpaired) electrons. The highest BCUT2D eigenvalue weighted by Gasteiger charge is 2.26. The molecule has 0 aliphatic carbocycles. The van der Waals surface area contributed by atoms with Crippen LogP contribution in [0.4, 0.5) is 0 Å². The van der Waals surface area contributed by atoms with Gasteiger partial charge in [0.05, 0.1) is 6.54 Å². The van der Waals surface area contributed by atoms with Crippen LogP contribution >= 0.6 is 11.6 Å². The van der Waals surface area contributed by atoms with Crippen molar-refractivity contribution >= 4 is 17.5 Å². The molecule has 1 aromatic rings. The number of amides is 1. The summed E-state index contributed by atoms with van der Waals surface area (Å²) in [6, 6.07) is 7.89. The summed E-state index contributed by atoms with van der Waals surface area (Å²) in [6.07, 6.45) is 0.912. The van der Waals surface area contributed by atoms with Gasteiger partial charge in [-0.1, -0.05) is 23.7 Å². The van der Waals surface area contributed by atoms with Crippen LogP contribution < -0.4 is 11.5 Å². The smallest absolute Gasteiger partial charge is 0.231 e. The molecule has 1 amide bonds. The first kappa shape index (κ1) is 13.3. The van der Waals surface area contributed by atoms with Crippen molar-refractivity contribution in [2.45, 2.75) is 18.4 Å². The summed E-state index contributed by atoms with van der Waals surface area (Å²) < 4.78 is 0. The average molecular weight is 268 g/mol. The molecule has 2 atom stereocenters. The number of piperidine rings is 1. The molecule has 1 heterocycles. The van der Waals surface area contributed by atoms with Crippen molar-refractivity contribution in [1.82, 2.24) is 4.90 Å². The van der Waals surface area contributed by atoms with Crippen LogP contribution in [-0.2, 0) is 4.79 Å². The number of likely N-dealkylation sites (tertiary alicyclic amines) is 1. The molecule has 2 unspecified atom stereocenters. The van der Waals surface area contributed by atoms with Crippen molar-refractivity contribution in [2.24, 2.45) is 11.5 Å². The summed E-state index contributed by atoms with van der Waals surface area (Å²) in [7, 11) is 0. The van der Waals surface area contributed by atoms with E-state index in [1.54, 1.807) is 0 Å². The number of halogens is 1. The maximum atomic E-state index is 11.0. The van der Waals surface area contributed by atoms with Crippen LogP contribution in [0.5, 0.6) is 0 Å². The fourth-order valence-electron chi connectivity index (χ4n) is 2.58. The number of nitrogens with zero attached hydrogens (tertiary/aromatic N) is 1. The third kappa shape index (κ3) is 3.45. The molecular weight excluding hydrogens is 250 g/mol. The molecule has 0 saturated carbocycles. The van der Waals surface area contributed by atoms with Gasteiger partial charge in [0, 0.05) is 24.2 Å². The Bertz CT molecular complexity index is 438. The van der Waals surface area contributed by atoms with Gasteiger partial charge in [0.25, 0.3) is 0 Å². The van der Waals surface area contributed by atoms with Crippen LogP contribution in [0.25, 0.3) is 0 Å². The molecule has 4 nitrogen and oxygen atoms in total. The zero-order chi connectivity index (χ0) is 13.1. The summed E-state index contributed by atoms with van der Waals surface area (Å²) in [5.41, 5.74) is 12.4. The lowest BCUT2D eigenvalue weighted by molar-refractivity contribution is -0.119. The summed E-state index contributed by atoms with van der Waals surface area (Å²) in [6.45, 7) is 1.79. The van der Waals surface area contributed by atoms with Crippen LogP contribution in [-0.4, -0.2) is 36.5 Å². The van der Waals surface area contributed by atoms with E-state index >= 15 is 0 Å². The maximum Gasteiger partial charge on any atom is 0.231 e. The Balaban J connectivity index is 2.10. The van der Waals surface area contributed by atoms with E-state index in [2.05, 4.69) is 6.07 Å². The summed E-state index contributed by atoms with van der Waals surface area (Å²) in [5.74, 6) is 0.000689. The quantitative estimate of drug-likeness (QED) is 0.856. The number of primary amides is 1. The molecular formula is C13H18ClN3O. The van der Waals surface area contributed by atoms with Gasteiger partial charge in [-0.05, 0) is 30.0 Å². The highest BCUT2D eigenvalue weighted by molar-refractivity contribution is 6.30. The Morgan fingerprint density at radius 2 is 2.22 bits per heavy atom. The SMILES string of the molecule is NC(=O)CN1CC(N)CC(c2cccc(Cl)c2)C1. The van der Waals surface area contributed by atoms with Gasteiger partial charge in [-0.3, -0.25) is 9.69 Å². The standard InChI is InChI=1S/C13H18ClN3O/c14-11-3-1-2-9(4-11)10-5-12(15)7-17(6-10)8-13(16)18/h1-4,10,12H,5-8,15H2,(H2,16,18). The van der Waals surface area contributed by atoms with Gasteiger partial charge in [-0.25, -0.2) is 0 Å². The first-order valence-corrected chi connectivity index (χ1v) is 6.44. The van der Waals surface area contributed by atoms with Crippen molar-refractivity contribution in [2.75, 3.05) is 19.6 Å². The highest BCUT2D eigenvalue weighted by atomic mass is 35.5. The van der Waals surface area contributed by atoms with Gasteiger partial charge >= 0.3 is 0 Å². The molecule has 0 bridgehead atoms. The van der Waals surface area contributed by atoms with E-state index in [0.29, 0.717) is 5.92 Å².